The molecule has 1 aliphatic rings. The maximum absolute atomic E-state index is 6.17. The van der Waals surface area contributed by atoms with Crippen LogP contribution in [0.25, 0.3) is 0 Å². The highest BCUT2D eigenvalue weighted by Crippen LogP contribution is 2.20. The molecular weight excluding hydrogens is 269 g/mol. The van der Waals surface area contributed by atoms with E-state index in [9.17, 15) is 0 Å². The second kappa shape index (κ2) is 7.34. The van der Waals surface area contributed by atoms with Crippen molar-refractivity contribution in [1.29, 1.82) is 0 Å². The van der Waals surface area contributed by atoms with Crippen molar-refractivity contribution in [2.75, 3.05) is 25.6 Å². The third-order valence-electron chi connectivity index (χ3n) is 3.32. The van der Waals surface area contributed by atoms with E-state index in [1.807, 2.05) is 18.2 Å². The number of piperidine rings is 1. The van der Waals surface area contributed by atoms with E-state index in [1.54, 1.807) is 0 Å². The molecule has 4 heteroatoms. The fourth-order valence-electron chi connectivity index (χ4n) is 2.31. The molecule has 0 radical (unpaired) electrons. The summed E-state index contributed by atoms with van der Waals surface area (Å²) in [5, 5.41) is 0.859. The van der Waals surface area contributed by atoms with Gasteiger partial charge in [-0.1, -0.05) is 29.8 Å². The van der Waals surface area contributed by atoms with Crippen LogP contribution in [0.4, 0.5) is 0 Å². The maximum Gasteiger partial charge on any atom is 0.0605 e. The van der Waals surface area contributed by atoms with E-state index in [2.05, 4.69) is 11.0 Å². The van der Waals surface area contributed by atoms with Crippen LogP contribution in [0.2, 0.25) is 5.02 Å². The third kappa shape index (κ3) is 4.13. The van der Waals surface area contributed by atoms with Crippen LogP contribution in [0, 0.1) is 0 Å². The van der Waals surface area contributed by atoms with Crippen LogP contribution < -0.4 is 0 Å². The van der Waals surface area contributed by atoms with Crippen molar-refractivity contribution in [3.05, 3.63) is 34.9 Å². The Morgan fingerprint density at radius 2 is 1.94 bits per heavy atom. The van der Waals surface area contributed by atoms with Crippen LogP contribution in [0.1, 0.15) is 18.4 Å². The number of hydrogen-bond acceptors (Lipinski definition) is 2. The molecule has 1 aliphatic heterocycles. The van der Waals surface area contributed by atoms with Crippen molar-refractivity contribution in [2.45, 2.75) is 25.5 Å². The number of rotatable bonds is 5. The quantitative estimate of drug-likeness (QED) is 0.768. The molecule has 100 valence electrons. The molecule has 1 fully saturated rings. The van der Waals surface area contributed by atoms with Crippen molar-refractivity contribution in [3.8, 4) is 0 Å². The standard InChI is InChI=1S/C14H19Cl2NO/c15-7-10-18-13-5-8-17(9-6-13)11-12-3-1-2-4-14(12)16/h1-4,13H,5-11H2. The molecule has 1 aromatic rings. The first kappa shape index (κ1) is 14.1. The highest BCUT2D eigenvalue weighted by atomic mass is 35.5. The number of halogens is 2. The number of benzene rings is 1. The summed E-state index contributed by atoms with van der Waals surface area (Å²) in [6.45, 7) is 3.73. The summed E-state index contributed by atoms with van der Waals surface area (Å²) in [6.07, 6.45) is 2.55. The Hall–Kier alpha value is -0.280. The number of nitrogens with zero attached hydrogens (tertiary/aromatic N) is 1. The fourth-order valence-corrected chi connectivity index (χ4v) is 2.60. The van der Waals surface area contributed by atoms with Gasteiger partial charge in [-0.25, -0.2) is 0 Å². The van der Waals surface area contributed by atoms with Crippen molar-refractivity contribution < 1.29 is 4.74 Å². The molecule has 0 N–H and O–H groups in total. The van der Waals surface area contributed by atoms with Gasteiger partial charge in [-0.15, -0.1) is 11.6 Å². The van der Waals surface area contributed by atoms with Crippen LogP contribution in [0.3, 0.4) is 0 Å². The Morgan fingerprint density at radius 3 is 2.61 bits per heavy atom. The maximum atomic E-state index is 6.17. The summed E-state index contributed by atoms with van der Waals surface area (Å²) in [5.74, 6) is 0.583. The SMILES string of the molecule is ClCCOC1CCN(Cc2ccccc2Cl)CC1. The summed E-state index contributed by atoms with van der Waals surface area (Å²) in [7, 11) is 0. The predicted octanol–water partition coefficient (Wildman–Crippen LogP) is 3.56. The van der Waals surface area contributed by atoms with Crippen LogP contribution in [0.15, 0.2) is 24.3 Å². The second-order valence-corrected chi connectivity index (χ2v) is 5.41. The lowest BCUT2D eigenvalue weighted by molar-refractivity contribution is 0.0135. The monoisotopic (exact) mass is 287 g/mol. The van der Waals surface area contributed by atoms with E-state index in [0.29, 0.717) is 18.6 Å². The van der Waals surface area contributed by atoms with Gasteiger partial charge < -0.3 is 4.74 Å². The molecular formula is C14H19Cl2NO. The highest BCUT2D eigenvalue weighted by molar-refractivity contribution is 6.31. The lowest BCUT2D eigenvalue weighted by Crippen LogP contribution is -2.36. The summed E-state index contributed by atoms with van der Waals surface area (Å²) in [6, 6.07) is 8.06. The van der Waals surface area contributed by atoms with E-state index >= 15 is 0 Å². The van der Waals surface area contributed by atoms with E-state index in [-0.39, 0.29) is 0 Å². The normalized spacial score (nSPS) is 18.1. The van der Waals surface area contributed by atoms with Gasteiger partial charge in [0.15, 0.2) is 0 Å². The molecule has 0 bridgehead atoms. The Labute approximate surface area is 119 Å². The number of alkyl halides is 1. The third-order valence-corrected chi connectivity index (χ3v) is 3.84. The molecule has 0 aromatic heterocycles. The lowest BCUT2D eigenvalue weighted by Gasteiger charge is -2.32. The molecule has 2 nitrogen and oxygen atoms in total. The highest BCUT2D eigenvalue weighted by Gasteiger charge is 2.19. The Morgan fingerprint density at radius 1 is 1.22 bits per heavy atom. The van der Waals surface area contributed by atoms with Crippen molar-refractivity contribution in [2.24, 2.45) is 0 Å². The molecule has 18 heavy (non-hydrogen) atoms. The van der Waals surface area contributed by atoms with Gasteiger partial charge in [0.1, 0.15) is 0 Å². The minimum atomic E-state index is 0.381. The van der Waals surface area contributed by atoms with Gasteiger partial charge >= 0.3 is 0 Å². The zero-order valence-corrected chi connectivity index (χ0v) is 12.0. The Bertz CT molecular complexity index is 365. The summed E-state index contributed by atoms with van der Waals surface area (Å²) in [5.41, 5.74) is 1.21. The zero-order valence-electron chi connectivity index (χ0n) is 10.4. The fraction of sp³-hybridized carbons (Fsp3) is 0.571. The Balaban J connectivity index is 1.78. The average Bonchev–Trinajstić information content (AvgIpc) is 2.41. The number of likely N-dealkylation sites (tertiary alicyclic amines) is 1. The van der Waals surface area contributed by atoms with Crippen LogP contribution in [-0.2, 0) is 11.3 Å². The van der Waals surface area contributed by atoms with E-state index in [4.69, 9.17) is 27.9 Å². The van der Waals surface area contributed by atoms with E-state index < -0.39 is 0 Å². The number of hydrogen-bond donors (Lipinski definition) is 0. The molecule has 1 aromatic carbocycles. The summed E-state index contributed by atoms with van der Waals surface area (Å²) < 4.78 is 5.67. The van der Waals surface area contributed by atoms with Gasteiger partial charge in [0.2, 0.25) is 0 Å². The molecule has 2 rings (SSSR count). The minimum absolute atomic E-state index is 0.381. The van der Waals surface area contributed by atoms with E-state index in [0.717, 1.165) is 37.5 Å². The molecule has 1 heterocycles. The molecule has 0 aliphatic carbocycles. The predicted molar refractivity (Wildman–Crippen MR) is 76.4 cm³/mol. The molecule has 1 saturated heterocycles. The molecule has 0 spiro atoms. The first-order valence-electron chi connectivity index (χ1n) is 6.43. The summed E-state index contributed by atoms with van der Waals surface area (Å²) >= 11 is 11.8. The van der Waals surface area contributed by atoms with Gasteiger partial charge in [-0.2, -0.15) is 0 Å². The molecule has 0 unspecified atom stereocenters. The van der Waals surface area contributed by atoms with Crippen molar-refractivity contribution in [3.63, 3.8) is 0 Å². The van der Waals surface area contributed by atoms with Gasteiger partial charge in [0.25, 0.3) is 0 Å². The molecule has 0 amide bonds. The van der Waals surface area contributed by atoms with Gasteiger partial charge in [0.05, 0.1) is 12.7 Å². The molecule has 0 atom stereocenters. The van der Waals surface area contributed by atoms with Crippen LogP contribution >= 0.6 is 23.2 Å². The van der Waals surface area contributed by atoms with E-state index in [1.165, 1.54) is 5.56 Å². The van der Waals surface area contributed by atoms with Crippen molar-refractivity contribution >= 4 is 23.2 Å². The molecule has 0 saturated carbocycles. The van der Waals surface area contributed by atoms with Gasteiger partial charge in [-0.05, 0) is 24.5 Å². The van der Waals surface area contributed by atoms with Crippen LogP contribution in [-0.4, -0.2) is 36.6 Å². The topological polar surface area (TPSA) is 12.5 Å². The smallest absolute Gasteiger partial charge is 0.0605 e. The largest absolute Gasteiger partial charge is 0.377 e. The first-order valence-corrected chi connectivity index (χ1v) is 7.34. The summed E-state index contributed by atoms with van der Waals surface area (Å²) in [4.78, 5) is 2.43. The zero-order chi connectivity index (χ0) is 12.8. The Kier molecular flexibility index (Phi) is 5.77. The minimum Gasteiger partial charge on any atom is -0.377 e. The average molecular weight is 288 g/mol. The van der Waals surface area contributed by atoms with Crippen LogP contribution in [0.5, 0.6) is 0 Å². The lowest BCUT2D eigenvalue weighted by atomic mass is 10.1. The first-order chi connectivity index (χ1) is 8.79. The van der Waals surface area contributed by atoms with Gasteiger partial charge in [-0.3, -0.25) is 4.90 Å². The second-order valence-electron chi connectivity index (χ2n) is 4.63. The van der Waals surface area contributed by atoms with Crippen molar-refractivity contribution in [1.82, 2.24) is 4.90 Å². The number of ether oxygens (including phenoxy) is 1. The van der Waals surface area contributed by atoms with Gasteiger partial charge in [0, 0.05) is 30.5 Å².